The molecular weight excluding hydrogens is 254 g/mol. The first-order valence-electron chi connectivity index (χ1n) is 7.09. The van der Waals surface area contributed by atoms with Gasteiger partial charge in [-0.25, -0.2) is 0 Å². The topological polar surface area (TPSA) is 26.0 Å². The molecule has 4 aromatic carbocycles. The van der Waals surface area contributed by atoms with Crippen LogP contribution >= 0.6 is 0 Å². The van der Waals surface area contributed by atoms with Crippen molar-refractivity contribution >= 4 is 27.2 Å². The lowest BCUT2D eigenvalue weighted by atomic mass is 9.93. The quantitative estimate of drug-likeness (QED) is 0.371. The molecule has 0 amide bonds. The first kappa shape index (κ1) is 12.0. The molecule has 0 atom stereocenters. The van der Waals surface area contributed by atoms with Gasteiger partial charge >= 0.3 is 0 Å². The molecule has 0 radical (unpaired) electrons. The Kier molecular flexibility index (Phi) is 2.65. The van der Waals surface area contributed by atoms with Crippen LogP contribution in [0.3, 0.4) is 0 Å². The minimum Gasteiger partial charge on any atom is -0.399 e. The zero-order valence-corrected chi connectivity index (χ0v) is 11.6. The van der Waals surface area contributed by atoms with Crippen molar-refractivity contribution in [3.63, 3.8) is 0 Å². The molecule has 0 heterocycles. The largest absolute Gasteiger partial charge is 0.399 e. The monoisotopic (exact) mass is 269 g/mol. The third-order valence-corrected chi connectivity index (χ3v) is 3.99. The van der Waals surface area contributed by atoms with Gasteiger partial charge in [-0.15, -0.1) is 0 Å². The molecule has 4 aromatic rings. The Morgan fingerprint density at radius 1 is 0.571 bits per heavy atom. The minimum absolute atomic E-state index is 0.795. The SMILES string of the molecule is Nc1ccc(-c2cc3ccccc3c3ccccc23)cc1. The zero-order valence-electron chi connectivity index (χ0n) is 11.6. The number of rotatable bonds is 1. The summed E-state index contributed by atoms with van der Waals surface area (Å²) in [5.74, 6) is 0. The fraction of sp³-hybridized carbons (Fsp3) is 0. The summed E-state index contributed by atoms with van der Waals surface area (Å²) in [6.07, 6.45) is 0. The van der Waals surface area contributed by atoms with E-state index in [0.29, 0.717) is 0 Å². The van der Waals surface area contributed by atoms with E-state index in [1.54, 1.807) is 0 Å². The van der Waals surface area contributed by atoms with Crippen LogP contribution < -0.4 is 5.73 Å². The lowest BCUT2D eigenvalue weighted by Crippen LogP contribution is -1.86. The second kappa shape index (κ2) is 4.64. The van der Waals surface area contributed by atoms with E-state index in [4.69, 9.17) is 5.73 Å². The van der Waals surface area contributed by atoms with Gasteiger partial charge in [0.2, 0.25) is 0 Å². The maximum atomic E-state index is 5.81. The highest BCUT2D eigenvalue weighted by atomic mass is 14.5. The van der Waals surface area contributed by atoms with E-state index in [2.05, 4.69) is 66.7 Å². The highest BCUT2D eigenvalue weighted by molar-refractivity contribution is 6.13. The van der Waals surface area contributed by atoms with Gasteiger partial charge in [0.05, 0.1) is 0 Å². The molecule has 1 heteroatoms. The molecule has 0 aliphatic rings. The van der Waals surface area contributed by atoms with Gasteiger partial charge < -0.3 is 5.73 Å². The Morgan fingerprint density at radius 2 is 1.19 bits per heavy atom. The smallest absolute Gasteiger partial charge is 0.0314 e. The molecular formula is C20H15N. The lowest BCUT2D eigenvalue weighted by Gasteiger charge is -2.11. The number of benzene rings is 4. The van der Waals surface area contributed by atoms with Crippen LogP contribution in [0.2, 0.25) is 0 Å². The van der Waals surface area contributed by atoms with Crippen molar-refractivity contribution in [2.24, 2.45) is 0 Å². The summed E-state index contributed by atoms with van der Waals surface area (Å²) in [5.41, 5.74) is 9.06. The molecule has 0 unspecified atom stereocenters. The van der Waals surface area contributed by atoms with Crippen LogP contribution in [0, 0.1) is 0 Å². The Balaban J connectivity index is 2.13. The van der Waals surface area contributed by atoms with Crippen LogP contribution in [0.5, 0.6) is 0 Å². The molecule has 2 N–H and O–H groups in total. The summed E-state index contributed by atoms with van der Waals surface area (Å²) in [4.78, 5) is 0. The molecule has 21 heavy (non-hydrogen) atoms. The van der Waals surface area contributed by atoms with Gasteiger partial charge in [0.15, 0.2) is 0 Å². The first-order valence-corrected chi connectivity index (χ1v) is 7.09. The normalized spacial score (nSPS) is 11.0. The Morgan fingerprint density at radius 3 is 1.95 bits per heavy atom. The number of anilines is 1. The molecule has 0 saturated carbocycles. The van der Waals surface area contributed by atoms with Gasteiger partial charge in [-0.3, -0.25) is 0 Å². The Labute approximate surface area is 123 Å². The molecule has 1 nitrogen and oxygen atoms in total. The Hall–Kier alpha value is -2.80. The van der Waals surface area contributed by atoms with Gasteiger partial charge in [-0.1, -0.05) is 60.7 Å². The predicted octanol–water partition coefficient (Wildman–Crippen LogP) is 5.24. The van der Waals surface area contributed by atoms with E-state index in [1.807, 2.05) is 12.1 Å². The fourth-order valence-corrected chi connectivity index (χ4v) is 2.96. The summed E-state index contributed by atoms with van der Waals surface area (Å²) in [6, 6.07) is 27.5. The van der Waals surface area contributed by atoms with Crippen molar-refractivity contribution in [3.05, 3.63) is 78.9 Å². The van der Waals surface area contributed by atoms with Gasteiger partial charge in [-0.2, -0.15) is 0 Å². The molecule has 0 saturated heterocycles. The molecule has 4 rings (SSSR count). The summed E-state index contributed by atoms with van der Waals surface area (Å²) in [6.45, 7) is 0. The van der Waals surface area contributed by atoms with E-state index in [9.17, 15) is 0 Å². The van der Waals surface area contributed by atoms with Crippen molar-refractivity contribution < 1.29 is 0 Å². The van der Waals surface area contributed by atoms with Gasteiger partial charge in [0.1, 0.15) is 0 Å². The fourth-order valence-electron chi connectivity index (χ4n) is 2.96. The number of hydrogen-bond donors (Lipinski definition) is 1. The highest BCUT2D eigenvalue weighted by Crippen LogP contribution is 2.34. The maximum Gasteiger partial charge on any atom is 0.0314 e. The molecule has 0 spiro atoms. The van der Waals surface area contributed by atoms with E-state index in [-0.39, 0.29) is 0 Å². The van der Waals surface area contributed by atoms with Crippen LogP contribution in [0.4, 0.5) is 5.69 Å². The van der Waals surface area contributed by atoms with E-state index >= 15 is 0 Å². The third kappa shape index (κ3) is 1.95. The average molecular weight is 269 g/mol. The summed E-state index contributed by atoms with van der Waals surface area (Å²) >= 11 is 0. The van der Waals surface area contributed by atoms with Gasteiger partial charge in [0.25, 0.3) is 0 Å². The summed E-state index contributed by atoms with van der Waals surface area (Å²) in [5, 5.41) is 5.14. The second-order valence-corrected chi connectivity index (χ2v) is 5.31. The van der Waals surface area contributed by atoms with Crippen LogP contribution in [0.25, 0.3) is 32.7 Å². The molecule has 0 bridgehead atoms. The molecule has 100 valence electrons. The zero-order chi connectivity index (χ0) is 14.2. The second-order valence-electron chi connectivity index (χ2n) is 5.31. The van der Waals surface area contributed by atoms with Crippen LogP contribution in [0.15, 0.2) is 78.9 Å². The molecule has 0 aromatic heterocycles. The summed E-state index contributed by atoms with van der Waals surface area (Å²) < 4.78 is 0. The molecule has 0 fully saturated rings. The number of fused-ring (bicyclic) bond motifs is 3. The van der Waals surface area contributed by atoms with Crippen LogP contribution in [-0.2, 0) is 0 Å². The Bertz CT molecular complexity index is 937. The van der Waals surface area contributed by atoms with Crippen molar-refractivity contribution in [3.8, 4) is 11.1 Å². The number of nitrogens with two attached hydrogens (primary N) is 1. The maximum absolute atomic E-state index is 5.81. The van der Waals surface area contributed by atoms with Crippen molar-refractivity contribution in [1.82, 2.24) is 0 Å². The molecule has 0 aliphatic heterocycles. The third-order valence-electron chi connectivity index (χ3n) is 3.99. The average Bonchev–Trinajstić information content (AvgIpc) is 2.55. The van der Waals surface area contributed by atoms with Crippen molar-refractivity contribution in [1.29, 1.82) is 0 Å². The number of nitrogen functional groups attached to an aromatic ring is 1. The van der Waals surface area contributed by atoms with Crippen molar-refractivity contribution in [2.45, 2.75) is 0 Å². The standard InChI is InChI=1S/C20H15N/c21-16-11-9-14(10-12-16)20-13-15-5-1-2-6-17(15)18-7-3-4-8-19(18)20/h1-13H,21H2. The van der Waals surface area contributed by atoms with Crippen LogP contribution in [-0.4, -0.2) is 0 Å². The van der Waals surface area contributed by atoms with E-state index in [0.717, 1.165) is 5.69 Å². The highest BCUT2D eigenvalue weighted by Gasteiger charge is 2.07. The summed E-state index contributed by atoms with van der Waals surface area (Å²) in [7, 11) is 0. The minimum atomic E-state index is 0.795. The van der Waals surface area contributed by atoms with Crippen molar-refractivity contribution in [2.75, 3.05) is 5.73 Å². The predicted molar refractivity (Wildman–Crippen MR) is 91.3 cm³/mol. The molecule has 0 aliphatic carbocycles. The van der Waals surface area contributed by atoms with Gasteiger partial charge in [-0.05, 0) is 50.9 Å². The van der Waals surface area contributed by atoms with Crippen LogP contribution in [0.1, 0.15) is 0 Å². The van der Waals surface area contributed by atoms with E-state index in [1.165, 1.54) is 32.7 Å². The van der Waals surface area contributed by atoms with E-state index < -0.39 is 0 Å². The number of hydrogen-bond acceptors (Lipinski definition) is 1. The lowest BCUT2D eigenvalue weighted by molar-refractivity contribution is 1.65. The van der Waals surface area contributed by atoms with Gasteiger partial charge in [0, 0.05) is 5.69 Å². The first-order chi connectivity index (χ1) is 10.3.